The summed E-state index contributed by atoms with van der Waals surface area (Å²) >= 11 is 2.22. The molecule has 0 rings (SSSR count). The Hall–Kier alpha value is 0.350. The summed E-state index contributed by atoms with van der Waals surface area (Å²) in [6.07, 6.45) is 11.2. The second kappa shape index (κ2) is 12.8. The van der Waals surface area contributed by atoms with Crippen molar-refractivity contribution >= 4 is 11.8 Å². The molecular weight excluding hydrogens is 224 g/mol. The van der Waals surface area contributed by atoms with Crippen LogP contribution in [0.2, 0.25) is 0 Å². The summed E-state index contributed by atoms with van der Waals surface area (Å²) in [5, 5.41) is 0. The third-order valence-corrected chi connectivity index (χ3v) is 5.21. The lowest BCUT2D eigenvalue weighted by atomic mass is 10.0. The minimum atomic E-state index is 0.976. The highest BCUT2D eigenvalue weighted by atomic mass is 32.2. The van der Waals surface area contributed by atoms with E-state index < -0.39 is 0 Å². The van der Waals surface area contributed by atoms with Crippen molar-refractivity contribution in [3.05, 3.63) is 0 Å². The van der Waals surface area contributed by atoms with Gasteiger partial charge in [0.05, 0.1) is 0 Å². The van der Waals surface area contributed by atoms with Crippen LogP contribution in [0.5, 0.6) is 0 Å². The van der Waals surface area contributed by atoms with Gasteiger partial charge in [-0.1, -0.05) is 66.2 Å². The van der Waals surface area contributed by atoms with Gasteiger partial charge < -0.3 is 0 Å². The zero-order chi connectivity index (χ0) is 12.9. The Morgan fingerprint density at radius 3 is 1.41 bits per heavy atom. The lowest BCUT2D eigenvalue weighted by molar-refractivity contribution is 0.489. The molecule has 17 heavy (non-hydrogen) atoms. The zero-order valence-electron chi connectivity index (χ0n) is 12.6. The van der Waals surface area contributed by atoms with Crippen molar-refractivity contribution in [3.63, 3.8) is 0 Å². The Balaban J connectivity index is 3.61. The summed E-state index contributed by atoms with van der Waals surface area (Å²) in [6, 6.07) is 0. The maximum absolute atomic E-state index is 2.36. The van der Waals surface area contributed by atoms with Crippen LogP contribution in [0.1, 0.15) is 79.1 Å². The van der Waals surface area contributed by atoms with Crippen molar-refractivity contribution in [2.45, 2.75) is 79.1 Å². The minimum Gasteiger partial charge on any atom is -0.161 e. The van der Waals surface area contributed by atoms with Gasteiger partial charge >= 0.3 is 0 Å². The summed E-state index contributed by atoms with van der Waals surface area (Å²) in [4.78, 5) is 0. The van der Waals surface area contributed by atoms with Gasteiger partial charge in [0.2, 0.25) is 0 Å². The summed E-state index contributed by atoms with van der Waals surface area (Å²) in [6.45, 7) is 9.32. The van der Waals surface area contributed by atoms with E-state index in [-0.39, 0.29) is 0 Å². The molecule has 0 unspecified atom stereocenters. The van der Waals surface area contributed by atoms with Gasteiger partial charge in [-0.3, -0.25) is 0 Å². The molecule has 0 heterocycles. The van der Waals surface area contributed by atoms with Crippen molar-refractivity contribution in [2.24, 2.45) is 11.8 Å². The van der Waals surface area contributed by atoms with Crippen LogP contribution in [0.25, 0.3) is 0 Å². The molecule has 2 atom stereocenters. The van der Waals surface area contributed by atoms with E-state index in [2.05, 4.69) is 39.5 Å². The Morgan fingerprint density at radius 2 is 1.12 bits per heavy atom. The topological polar surface area (TPSA) is 0 Å². The SMILES string of the molecule is CCCC[C@@H](CC)CSC[C@H](CC)CCCC. The van der Waals surface area contributed by atoms with Crippen LogP contribution in [-0.2, 0) is 0 Å². The maximum atomic E-state index is 2.36. The number of rotatable bonds is 12. The van der Waals surface area contributed by atoms with Gasteiger partial charge in [0, 0.05) is 0 Å². The Morgan fingerprint density at radius 1 is 0.706 bits per heavy atom. The molecule has 1 heteroatoms. The van der Waals surface area contributed by atoms with Crippen LogP contribution in [0.3, 0.4) is 0 Å². The van der Waals surface area contributed by atoms with Crippen molar-refractivity contribution < 1.29 is 0 Å². The number of hydrogen-bond acceptors (Lipinski definition) is 1. The molecule has 0 nitrogen and oxygen atoms in total. The molecule has 0 aliphatic rings. The first kappa shape index (κ1) is 17.4. The molecule has 0 fully saturated rings. The Labute approximate surface area is 114 Å². The summed E-state index contributed by atoms with van der Waals surface area (Å²) in [5.74, 6) is 4.75. The average molecular weight is 259 g/mol. The van der Waals surface area contributed by atoms with Crippen molar-refractivity contribution in [2.75, 3.05) is 11.5 Å². The van der Waals surface area contributed by atoms with E-state index in [1.807, 2.05) is 0 Å². The highest BCUT2D eigenvalue weighted by molar-refractivity contribution is 7.99. The van der Waals surface area contributed by atoms with Gasteiger partial charge in [-0.05, 0) is 36.2 Å². The monoisotopic (exact) mass is 258 g/mol. The Kier molecular flexibility index (Phi) is 13.1. The van der Waals surface area contributed by atoms with Crippen LogP contribution in [-0.4, -0.2) is 11.5 Å². The van der Waals surface area contributed by atoms with Gasteiger partial charge in [0.1, 0.15) is 0 Å². The second-order valence-corrected chi connectivity index (χ2v) is 6.45. The molecule has 0 aliphatic heterocycles. The van der Waals surface area contributed by atoms with E-state index in [4.69, 9.17) is 0 Å². The summed E-state index contributed by atoms with van der Waals surface area (Å²) < 4.78 is 0. The van der Waals surface area contributed by atoms with E-state index in [1.165, 1.54) is 62.9 Å². The molecule has 0 aromatic carbocycles. The van der Waals surface area contributed by atoms with E-state index >= 15 is 0 Å². The van der Waals surface area contributed by atoms with Crippen LogP contribution in [0.4, 0.5) is 0 Å². The average Bonchev–Trinajstić information content (AvgIpc) is 2.37. The van der Waals surface area contributed by atoms with Gasteiger partial charge in [-0.15, -0.1) is 0 Å². The fraction of sp³-hybridized carbons (Fsp3) is 1.00. The molecule has 0 N–H and O–H groups in total. The Bertz CT molecular complexity index is 128. The van der Waals surface area contributed by atoms with Gasteiger partial charge in [-0.2, -0.15) is 11.8 Å². The minimum absolute atomic E-state index is 0.976. The van der Waals surface area contributed by atoms with E-state index in [9.17, 15) is 0 Å². The first-order valence-electron chi connectivity index (χ1n) is 7.86. The van der Waals surface area contributed by atoms with Gasteiger partial charge in [0.15, 0.2) is 0 Å². The molecule has 0 amide bonds. The maximum Gasteiger partial charge on any atom is -0.00391 e. The van der Waals surface area contributed by atoms with Crippen molar-refractivity contribution in [1.82, 2.24) is 0 Å². The standard InChI is InChI=1S/C16H34S/c1-5-9-11-15(7-3)13-17-14-16(8-4)12-10-6-2/h15-16H,5-14H2,1-4H3/t15-,16-/m1/s1. The zero-order valence-corrected chi connectivity index (χ0v) is 13.5. The fourth-order valence-electron chi connectivity index (χ4n) is 2.20. The van der Waals surface area contributed by atoms with Gasteiger partial charge in [0.25, 0.3) is 0 Å². The summed E-state index contributed by atoms with van der Waals surface area (Å²) in [7, 11) is 0. The lowest BCUT2D eigenvalue weighted by Crippen LogP contribution is -2.07. The first-order chi connectivity index (χ1) is 8.28. The third kappa shape index (κ3) is 10.00. The highest BCUT2D eigenvalue weighted by Gasteiger charge is 2.09. The van der Waals surface area contributed by atoms with Gasteiger partial charge in [-0.25, -0.2) is 0 Å². The fourth-order valence-corrected chi connectivity index (χ4v) is 3.81. The molecule has 104 valence electrons. The molecule has 0 aromatic heterocycles. The molecule has 0 radical (unpaired) electrons. The number of thioether (sulfide) groups is 1. The van der Waals surface area contributed by atoms with E-state index in [1.54, 1.807) is 0 Å². The van der Waals surface area contributed by atoms with Crippen LogP contribution in [0, 0.1) is 11.8 Å². The molecule has 0 bridgehead atoms. The van der Waals surface area contributed by atoms with Crippen molar-refractivity contribution in [1.29, 1.82) is 0 Å². The predicted molar refractivity (Wildman–Crippen MR) is 83.9 cm³/mol. The molecular formula is C16H34S. The van der Waals surface area contributed by atoms with Crippen LogP contribution < -0.4 is 0 Å². The van der Waals surface area contributed by atoms with Crippen LogP contribution >= 0.6 is 11.8 Å². The van der Waals surface area contributed by atoms with Crippen molar-refractivity contribution in [3.8, 4) is 0 Å². The smallest absolute Gasteiger partial charge is 0.00391 e. The number of hydrogen-bond donors (Lipinski definition) is 0. The molecule has 0 saturated carbocycles. The molecule has 0 aliphatic carbocycles. The quantitative estimate of drug-likeness (QED) is 0.404. The van der Waals surface area contributed by atoms with E-state index in [0.29, 0.717) is 0 Å². The predicted octanol–water partition coefficient (Wildman–Crippen LogP) is 6.15. The first-order valence-corrected chi connectivity index (χ1v) is 9.01. The summed E-state index contributed by atoms with van der Waals surface area (Å²) in [5.41, 5.74) is 0. The molecule has 0 spiro atoms. The van der Waals surface area contributed by atoms with Crippen LogP contribution in [0.15, 0.2) is 0 Å². The van der Waals surface area contributed by atoms with E-state index in [0.717, 1.165) is 11.8 Å². The molecule has 0 aromatic rings. The number of unbranched alkanes of at least 4 members (excludes halogenated alkanes) is 2. The third-order valence-electron chi connectivity index (χ3n) is 3.79. The normalized spacial score (nSPS) is 14.8. The largest absolute Gasteiger partial charge is 0.161 e. The second-order valence-electron chi connectivity index (χ2n) is 5.37. The highest BCUT2D eigenvalue weighted by Crippen LogP contribution is 2.23. The molecule has 0 saturated heterocycles. The lowest BCUT2D eigenvalue weighted by Gasteiger charge is -2.17.